The van der Waals surface area contributed by atoms with E-state index in [0.29, 0.717) is 29.1 Å². The van der Waals surface area contributed by atoms with Gasteiger partial charge in [-0.25, -0.2) is 4.79 Å². The Kier molecular flexibility index (Phi) is 4.58. The fourth-order valence-corrected chi connectivity index (χ4v) is 3.59. The lowest BCUT2D eigenvalue weighted by molar-refractivity contribution is 0.0597. The minimum Gasteiger partial charge on any atom is -0.507 e. The number of benzene rings is 2. The third kappa shape index (κ3) is 2.79. The van der Waals surface area contributed by atoms with Gasteiger partial charge in [0.2, 0.25) is 0 Å². The van der Waals surface area contributed by atoms with Gasteiger partial charge in [-0.05, 0) is 35.7 Å². The van der Waals surface area contributed by atoms with E-state index in [2.05, 4.69) is 10.1 Å². The molecule has 0 spiro atoms. The normalized spacial score (nSPS) is 16.5. The van der Waals surface area contributed by atoms with Crippen molar-refractivity contribution in [2.24, 2.45) is 0 Å². The zero-order valence-electron chi connectivity index (χ0n) is 12.8. The van der Waals surface area contributed by atoms with Crippen molar-refractivity contribution in [1.29, 1.82) is 0 Å². The average molecular weight is 368 g/mol. The van der Waals surface area contributed by atoms with Gasteiger partial charge in [0.25, 0.3) is 0 Å². The predicted octanol–water partition coefficient (Wildman–Crippen LogP) is 3.43. The average Bonchev–Trinajstić information content (AvgIpc) is 2.58. The van der Waals surface area contributed by atoms with Crippen LogP contribution in [0.1, 0.15) is 33.1 Å². The van der Waals surface area contributed by atoms with Crippen LogP contribution < -0.4 is 5.32 Å². The van der Waals surface area contributed by atoms with E-state index < -0.39 is 5.97 Å². The second-order valence-electron chi connectivity index (χ2n) is 5.49. The third-order valence-corrected chi connectivity index (χ3v) is 4.72. The molecule has 2 aromatic rings. The van der Waals surface area contributed by atoms with Crippen LogP contribution in [-0.2, 0) is 11.2 Å². The molecule has 0 aromatic heterocycles. The van der Waals surface area contributed by atoms with E-state index in [9.17, 15) is 15.0 Å². The number of aromatic hydroxyl groups is 2. The van der Waals surface area contributed by atoms with E-state index in [0.717, 1.165) is 5.56 Å². The smallest absolute Gasteiger partial charge is 0.341 e. The Bertz CT molecular complexity index is 823. The van der Waals surface area contributed by atoms with Gasteiger partial charge in [0.1, 0.15) is 17.1 Å². The molecule has 0 saturated carbocycles. The van der Waals surface area contributed by atoms with Crippen molar-refractivity contribution in [3.8, 4) is 11.5 Å². The second-order valence-corrected chi connectivity index (χ2v) is 6.30. The first-order valence-corrected chi connectivity index (χ1v) is 8.04. The minimum absolute atomic E-state index is 0.0259. The van der Waals surface area contributed by atoms with E-state index in [1.165, 1.54) is 25.3 Å². The SMILES string of the molecule is COC(=O)c1ccc(C2NCCc3c(O)c(Cl)cc(Cl)c32)cc1O. The summed E-state index contributed by atoms with van der Waals surface area (Å²) in [4.78, 5) is 11.6. The second kappa shape index (κ2) is 6.51. The van der Waals surface area contributed by atoms with Crippen molar-refractivity contribution in [2.75, 3.05) is 13.7 Å². The van der Waals surface area contributed by atoms with Crippen molar-refractivity contribution in [3.63, 3.8) is 0 Å². The fraction of sp³-hybridized carbons (Fsp3) is 0.235. The first-order chi connectivity index (χ1) is 11.4. The monoisotopic (exact) mass is 367 g/mol. The summed E-state index contributed by atoms with van der Waals surface area (Å²) >= 11 is 12.3. The molecule has 7 heteroatoms. The number of halogens is 2. The lowest BCUT2D eigenvalue weighted by Crippen LogP contribution is -2.31. The summed E-state index contributed by atoms with van der Waals surface area (Å²) < 4.78 is 4.62. The highest BCUT2D eigenvalue weighted by atomic mass is 35.5. The number of fused-ring (bicyclic) bond motifs is 1. The molecule has 0 bridgehead atoms. The van der Waals surface area contributed by atoms with Gasteiger partial charge in [0.05, 0.1) is 18.2 Å². The molecule has 3 rings (SSSR count). The molecule has 1 aliphatic rings. The van der Waals surface area contributed by atoms with E-state index in [-0.39, 0.29) is 28.1 Å². The molecule has 1 heterocycles. The van der Waals surface area contributed by atoms with Gasteiger partial charge >= 0.3 is 5.97 Å². The summed E-state index contributed by atoms with van der Waals surface area (Å²) in [5, 5.41) is 24.3. The Balaban J connectivity index is 2.09. The summed E-state index contributed by atoms with van der Waals surface area (Å²) in [5.41, 5.74) is 2.20. The molecule has 126 valence electrons. The van der Waals surface area contributed by atoms with Crippen LogP contribution in [0, 0.1) is 0 Å². The number of phenols is 2. The molecule has 1 atom stereocenters. The molecule has 24 heavy (non-hydrogen) atoms. The van der Waals surface area contributed by atoms with Crippen molar-refractivity contribution < 1.29 is 19.7 Å². The molecule has 0 aliphatic carbocycles. The standard InChI is InChI=1S/C17H15Cl2NO4/c1-24-17(23)9-3-2-8(6-13(9)21)15-14-10(4-5-20-15)16(22)12(19)7-11(14)18/h2-3,6-7,15,20-22H,4-5H2,1H3. The Labute approximate surface area is 148 Å². The molecule has 0 saturated heterocycles. The molecular weight excluding hydrogens is 353 g/mol. The molecule has 1 aliphatic heterocycles. The van der Waals surface area contributed by atoms with Gasteiger partial charge in [-0.2, -0.15) is 0 Å². The maximum Gasteiger partial charge on any atom is 0.341 e. The van der Waals surface area contributed by atoms with Crippen LogP contribution in [0.5, 0.6) is 11.5 Å². The quantitative estimate of drug-likeness (QED) is 0.708. The Morgan fingerprint density at radius 3 is 2.67 bits per heavy atom. The van der Waals surface area contributed by atoms with Crippen molar-refractivity contribution in [2.45, 2.75) is 12.5 Å². The molecule has 0 radical (unpaired) electrons. The van der Waals surface area contributed by atoms with E-state index in [1.54, 1.807) is 6.07 Å². The fourth-order valence-electron chi connectivity index (χ4n) is 2.98. The molecule has 3 N–H and O–H groups in total. The van der Waals surface area contributed by atoms with Gasteiger partial charge in [0.15, 0.2) is 0 Å². The first kappa shape index (κ1) is 16.9. The molecule has 0 amide bonds. The lowest BCUT2D eigenvalue weighted by atomic mass is 9.88. The summed E-state index contributed by atoms with van der Waals surface area (Å²) in [5.74, 6) is -0.765. The van der Waals surface area contributed by atoms with Gasteiger partial charge in [0, 0.05) is 17.1 Å². The van der Waals surface area contributed by atoms with E-state index in [1.807, 2.05) is 0 Å². The Hall–Kier alpha value is -1.95. The van der Waals surface area contributed by atoms with Crippen molar-refractivity contribution in [3.05, 3.63) is 56.6 Å². The van der Waals surface area contributed by atoms with Crippen LogP contribution in [0.25, 0.3) is 0 Å². The zero-order valence-corrected chi connectivity index (χ0v) is 14.3. The van der Waals surface area contributed by atoms with Gasteiger partial charge in [-0.3, -0.25) is 0 Å². The number of hydrogen-bond donors (Lipinski definition) is 3. The highest BCUT2D eigenvalue weighted by Crippen LogP contribution is 2.42. The first-order valence-electron chi connectivity index (χ1n) is 7.28. The van der Waals surface area contributed by atoms with E-state index in [4.69, 9.17) is 23.2 Å². The van der Waals surface area contributed by atoms with Crippen molar-refractivity contribution >= 4 is 29.2 Å². The van der Waals surface area contributed by atoms with Crippen LogP contribution in [0.2, 0.25) is 10.0 Å². The van der Waals surface area contributed by atoms with Gasteiger partial charge in [-0.1, -0.05) is 29.3 Å². The zero-order chi connectivity index (χ0) is 17.4. The Morgan fingerprint density at radius 2 is 2.00 bits per heavy atom. The number of nitrogens with one attached hydrogen (secondary N) is 1. The largest absolute Gasteiger partial charge is 0.507 e. The number of esters is 1. The van der Waals surface area contributed by atoms with Crippen LogP contribution in [0.4, 0.5) is 0 Å². The van der Waals surface area contributed by atoms with Gasteiger partial charge in [-0.15, -0.1) is 0 Å². The summed E-state index contributed by atoms with van der Waals surface area (Å²) in [6.07, 6.45) is 0.587. The highest BCUT2D eigenvalue weighted by Gasteiger charge is 2.28. The summed E-state index contributed by atoms with van der Waals surface area (Å²) in [6, 6.07) is 5.86. The number of carbonyl (C=O) groups excluding carboxylic acids is 1. The third-order valence-electron chi connectivity index (χ3n) is 4.12. The molecule has 5 nitrogen and oxygen atoms in total. The number of rotatable bonds is 2. The summed E-state index contributed by atoms with van der Waals surface area (Å²) in [6.45, 7) is 0.613. The predicted molar refractivity (Wildman–Crippen MR) is 91.1 cm³/mol. The van der Waals surface area contributed by atoms with Crippen LogP contribution in [0.3, 0.4) is 0 Å². The maximum absolute atomic E-state index is 11.6. The summed E-state index contributed by atoms with van der Waals surface area (Å²) in [7, 11) is 1.25. The van der Waals surface area contributed by atoms with Crippen LogP contribution in [0.15, 0.2) is 24.3 Å². The number of phenolic OH excluding ortho intramolecular Hbond substituents is 2. The number of hydrogen-bond acceptors (Lipinski definition) is 5. The van der Waals surface area contributed by atoms with Crippen LogP contribution in [-0.4, -0.2) is 29.8 Å². The van der Waals surface area contributed by atoms with Crippen molar-refractivity contribution in [1.82, 2.24) is 5.32 Å². The number of carbonyl (C=O) groups is 1. The Morgan fingerprint density at radius 1 is 1.25 bits per heavy atom. The van der Waals surface area contributed by atoms with E-state index >= 15 is 0 Å². The molecule has 1 unspecified atom stereocenters. The highest BCUT2D eigenvalue weighted by molar-refractivity contribution is 6.36. The molecule has 2 aromatic carbocycles. The molecule has 0 fully saturated rings. The van der Waals surface area contributed by atoms with Gasteiger partial charge < -0.3 is 20.3 Å². The lowest BCUT2D eigenvalue weighted by Gasteiger charge is -2.29. The minimum atomic E-state index is -0.612. The number of ether oxygens (including phenoxy) is 1. The number of methoxy groups -OCH3 is 1. The maximum atomic E-state index is 11.6. The topological polar surface area (TPSA) is 78.8 Å². The van der Waals surface area contributed by atoms with Crippen LogP contribution >= 0.6 is 23.2 Å². The molecular formula is C17H15Cl2NO4.